The molecule has 0 spiro atoms. The molecule has 0 saturated heterocycles. The van der Waals surface area contributed by atoms with Gasteiger partial charge in [-0.1, -0.05) is 12.1 Å². The van der Waals surface area contributed by atoms with Crippen LogP contribution in [-0.4, -0.2) is 11.8 Å². The summed E-state index contributed by atoms with van der Waals surface area (Å²) in [5.74, 6) is -0.758. The van der Waals surface area contributed by atoms with Crippen molar-refractivity contribution in [1.82, 2.24) is 10.6 Å². The number of fused-ring (bicyclic) bond motifs is 1. The number of rotatable bonds is 3. The first kappa shape index (κ1) is 15.5. The molecule has 0 atom stereocenters. The van der Waals surface area contributed by atoms with Crippen molar-refractivity contribution < 1.29 is 9.59 Å². The van der Waals surface area contributed by atoms with E-state index in [2.05, 4.69) is 33.2 Å². The number of anilines is 1. The zero-order chi connectivity index (χ0) is 16.4. The number of imide groups is 1. The van der Waals surface area contributed by atoms with E-state index in [-0.39, 0.29) is 5.91 Å². The molecule has 0 unspecified atom stereocenters. The summed E-state index contributed by atoms with van der Waals surface area (Å²) in [4.78, 5) is 24.0. The summed E-state index contributed by atoms with van der Waals surface area (Å²) in [6.45, 7) is 0.560. The van der Waals surface area contributed by atoms with Gasteiger partial charge >= 0.3 is 0 Å². The third-order valence-electron chi connectivity index (χ3n) is 3.52. The molecule has 0 aliphatic carbocycles. The Morgan fingerprint density at radius 3 is 2.52 bits per heavy atom. The molecule has 0 saturated carbocycles. The molecule has 2 amide bonds. The van der Waals surface area contributed by atoms with E-state index in [1.165, 1.54) is 0 Å². The molecule has 4 N–H and O–H groups in total. The average molecular weight is 419 g/mol. The zero-order valence-electron chi connectivity index (χ0n) is 12.1. The molecule has 2 aromatic carbocycles. The Labute approximate surface area is 147 Å². The van der Waals surface area contributed by atoms with Crippen LogP contribution in [0.15, 0.2) is 48.7 Å². The number of hydrogen-bond acceptors (Lipinski definition) is 4. The van der Waals surface area contributed by atoms with Crippen molar-refractivity contribution in [2.45, 2.75) is 6.54 Å². The number of carbonyl (C=O) groups is 2. The van der Waals surface area contributed by atoms with Gasteiger partial charge in [0.05, 0.1) is 5.57 Å². The van der Waals surface area contributed by atoms with Crippen LogP contribution in [0.3, 0.4) is 0 Å². The number of carbonyl (C=O) groups excluding carboxylic acids is 2. The summed E-state index contributed by atoms with van der Waals surface area (Å²) < 4.78 is 0.966. The van der Waals surface area contributed by atoms with Gasteiger partial charge in [-0.25, -0.2) is 0 Å². The highest BCUT2D eigenvalue weighted by atomic mass is 127. The van der Waals surface area contributed by atoms with Gasteiger partial charge in [-0.3, -0.25) is 14.9 Å². The quantitative estimate of drug-likeness (QED) is 0.309. The van der Waals surface area contributed by atoms with Crippen LogP contribution in [0.1, 0.15) is 21.5 Å². The molecule has 0 bridgehead atoms. The Balaban J connectivity index is 1.85. The predicted octanol–water partition coefficient (Wildman–Crippen LogP) is 2.27. The number of nitrogen functional groups attached to an aromatic ring is 1. The van der Waals surface area contributed by atoms with E-state index in [1.807, 2.05) is 36.4 Å². The monoisotopic (exact) mass is 419 g/mol. The van der Waals surface area contributed by atoms with Gasteiger partial charge in [-0.05, 0) is 58.5 Å². The summed E-state index contributed by atoms with van der Waals surface area (Å²) in [6.07, 6.45) is 1.65. The fourth-order valence-corrected chi connectivity index (χ4v) is 2.84. The summed E-state index contributed by atoms with van der Waals surface area (Å²) >= 11 is 2.16. The molecule has 0 radical (unpaired) electrons. The van der Waals surface area contributed by atoms with Gasteiger partial charge in [0.25, 0.3) is 11.8 Å². The van der Waals surface area contributed by atoms with E-state index in [0.29, 0.717) is 28.9 Å². The summed E-state index contributed by atoms with van der Waals surface area (Å²) in [6, 6.07) is 12.9. The lowest BCUT2D eigenvalue weighted by molar-refractivity contribution is -0.114. The zero-order valence-corrected chi connectivity index (χ0v) is 14.3. The van der Waals surface area contributed by atoms with Crippen LogP contribution in [0.2, 0.25) is 0 Å². The molecule has 116 valence electrons. The van der Waals surface area contributed by atoms with Crippen LogP contribution in [0.5, 0.6) is 0 Å². The van der Waals surface area contributed by atoms with E-state index >= 15 is 0 Å². The molecule has 5 nitrogen and oxygen atoms in total. The molecule has 1 aliphatic heterocycles. The first-order valence-corrected chi connectivity index (χ1v) is 8.06. The molecular weight excluding hydrogens is 405 g/mol. The first-order valence-electron chi connectivity index (χ1n) is 6.98. The van der Waals surface area contributed by atoms with Gasteiger partial charge in [-0.15, -0.1) is 0 Å². The maximum absolute atomic E-state index is 12.1. The van der Waals surface area contributed by atoms with E-state index < -0.39 is 5.91 Å². The molecule has 2 aromatic rings. The number of halogens is 1. The molecule has 23 heavy (non-hydrogen) atoms. The van der Waals surface area contributed by atoms with Crippen molar-refractivity contribution in [2.75, 3.05) is 5.73 Å². The smallest absolute Gasteiger partial charge is 0.260 e. The van der Waals surface area contributed by atoms with Crippen molar-refractivity contribution >= 4 is 45.7 Å². The second-order valence-corrected chi connectivity index (χ2v) is 6.40. The number of amides is 2. The van der Waals surface area contributed by atoms with Gasteiger partial charge in [-0.2, -0.15) is 0 Å². The second kappa shape index (κ2) is 6.41. The van der Waals surface area contributed by atoms with Gasteiger partial charge in [0.1, 0.15) is 0 Å². The maximum Gasteiger partial charge on any atom is 0.260 e. The van der Waals surface area contributed by atoms with Crippen molar-refractivity contribution in [2.24, 2.45) is 0 Å². The van der Waals surface area contributed by atoms with Crippen LogP contribution in [0, 0.1) is 3.57 Å². The molecular formula is C17H14IN3O2. The van der Waals surface area contributed by atoms with Crippen molar-refractivity contribution in [3.63, 3.8) is 0 Å². The first-order chi connectivity index (χ1) is 11.0. The lowest BCUT2D eigenvalue weighted by atomic mass is 9.96. The topological polar surface area (TPSA) is 84.2 Å². The molecule has 0 aromatic heterocycles. The van der Waals surface area contributed by atoms with Crippen molar-refractivity contribution in [3.05, 3.63) is 68.9 Å². The molecule has 1 heterocycles. The number of nitrogens with one attached hydrogen (secondary N) is 2. The lowest BCUT2D eigenvalue weighted by Crippen LogP contribution is -2.37. The van der Waals surface area contributed by atoms with Crippen LogP contribution >= 0.6 is 22.6 Å². The van der Waals surface area contributed by atoms with E-state index in [9.17, 15) is 9.59 Å². The Hall–Kier alpha value is -2.35. The van der Waals surface area contributed by atoms with Gasteiger partial charge in [0, 0.05) is 33.1 Å². The summed E-state index contributed by atoms with van der Waals surface area (Å²) in [7, 11) is 0. The van der Waals surface area contributed by atoms with E-state index in [1.54, 1.807) is 12.3 Å². The standard InChI is InChI=1S/C17H14IN3O2/c18-11-3-6-13-14(7-11)15(17(23)21-16(13)22)9-20-8-10-1-4-12(19)5-2-10/h1-7,9,20H,8,19H2,(H,21,22,23)/b15-9-. The van der Waals surface area contributed by atoms with E-state index in [4.69, 9.17) is 5.73 Å². The average Bonchev–Trinajstić information content (AvgIpc) is 2.52. The minimum absolute atomic E-state index is 0.364. The fourth-order valence-electron chi connectivity index (χ4n) is 2.35. The molecule has 1 aliphatic rings. The fraction of sp³-hybridized carbons (Fsp3) is 0.0588. The minimum Gasteiger partial charge on any atom is -0.399 e. The van der Waals surface area contributed by atoms with E-state index in [0.717, 1.165) is 9.13 Å². The number of hydrogen-bond donors (Lipinski definition) is 3. The maximum atomic E-state index is 12.1. The number of nitrogens with two attached hydrogens (primary N) is 1. The highest BCUT2D eigenvalue weighted by Crippen LogP contribution is 2.25. The normalized spacial score (nSPS) is 15.3. The number of benzene rings is 2. The van der Waals surface area contributed by atoms with Crippen LogP contribution < -0.4 is 16.4 Å². The summed E-state index contributed by atoms with van der Waals surface area (Å²) in [5.41, 5.74) is 9.02. The third kappa shape index (κ3) is 3.37. The largest absolute Gasteiger partial charge is 0.399 e. The van der Waals surface area contributed by atoms with Crippen LogP contribution in [-0.2, 0) is 11.3 Å². The Bertz CT molecular complexity index is 813. The highest BCUT2D eigenvalue weighted by molar-refractivity contribution is 14.1. The molecule has 6 heteroatoms. The Morgan fingerprint density at radius 1 is 1.04 bits per heavy atom. The van der Waals surface area contributed by atoms with Gasteiger partial charge < -0.3 is 11.1 Å². The lowest BCUT2D eigenvalue weighted by Gasteiger charge is -2.18. The van der Waals surface area contributed by atoms with Gasteiger partial charge in [0.2, 0.25) is 0 Å². The third-order valence-corrected chi connectivity index (χ3v) is 4.19. The SMILES string of the molecule is Nc1ccc(CN/C=C2\C(=O)NC(=O)c3ccc(I)cc32)cc1. The van der Waals surface area contributed by atoms with Crippen molar-refractivity contribution in [1.29, 1.82) is 0 Å². The van der Waals surface area contributed by atoms with Gasteiger partial charge in [0.15, 0.2) is 0 Å². The molecule has 0 fully saturated rings. The summed E-state index contributed by atoms with van der Waals surface area (Å²) in [5, 5.41) is 5.48. The Kier molecular flexibility index (Phi) is 4.33. The van der Waals surface area contributed by atoms with Crippen LogP contribution in [0.25, 0.3) is 5.57 Å². The highest BCUT2D eigenvalue weighted by Gasteiger charge is 2.27. The van der Waals surface area contributed by atoms with Crippen LogP contribution in [0.4, 0.5) is 5.69 Å². The Morgan fingerprint density at radius 2 is 1.78 bits per heavy atom. The second-order valence-electron chi connectivity index (χ2n) is 5.15. The predicted molar refractivity (Wildman–Crippen MR) is 97.3 cm³/mol. The minimum atomic E-state index is -0.394. The van der Waals surface area contributed by atoms with Crippen molar-refractivity contribution in [3.8, 4) is 0 Å². The molecule has 3 rings (SSSR count).